The SMILES string of the molecule is Cc1occc1-c1nnc(SCC(=O)NCCC(C)C)n1C. The number of nitrogens with zero attached hydrogens (tertiary/aromatic N) is 3. The Balaban J connectivity index is 1.91. The quantitative estimate of drug-likeness (QED) is 0.793. The first kappa shape index (κ1) is 16.6. The van der Waals surface area contributed by atoms with Crippen LogP contribution in [0.1, 0.15) is 26.0 Å². The third kappa shape index (κ3) is 4.13. The Bertz CT molecular complexity index is 633. The van der Waals surface area contributed by atoms with E-state index in [1.807, 2.05) is 24.6 Å². The number of hydrogen-bond donors (Lipinski definition) is 1. The summed E-state index contributed by atoms with van der Waals surface area (Å²) < 4.78 is 7.17. The van der Waals surface area contributed by atoms with Gasteiger partial charge in [0.1, 0.15) is 5.76 Å². The number of nitrogens with one attached hydrogen (secondary N) is 1. The van der Waals surface area contributed by atoms with E-state index in [4.69, 9.17) is 4.42 Å². The fourth-order valence-electron chi connectivity index (χ4n) is 1.97. The van der Waals surface area contributed by atoms with Crippen LogP contribution in [0.15, 0.2) is 21.9 Å². The second kappa shape index (κ2) is 7.49. The molecule has 2 heterocycles. The predicted molar refractivity (Wildman–Crippen MR) is 86.6 cm³/mol. The van der Waals surface area contributed by atoms with Gasteiger partial charge in [0.05, 0.1) is 17.6 Å². The van der Waals surface area contributed by atoms with Crippen molar-refractivity contribution in [2.45, 2.75) is 32.3 Å². The molecule has 6 nitrogen and oxygen atoms in total. The van der Waals surface area contributed by atoms with Crippen LogP contribution in [0.3, 0.4) is 0 Å². The minimum absolute atomic E-state index is 0.0229. The Labute approximate surface area is 134 Å². The highest BCUT2D eigenvalue weighted by molar-refractivity contribution is 7.99. The number of aryl methyl sites for hydroxylation is 1. The highest BCUT2D eigenvalue weighted by Gasteiger charge is 2.15. The standard InChI is InChI=1S/C15H22N4O2S/c1-10(2)5-7-16-13(20)9-22-15-18-17-14(19(15)4)12-6-8-21-11(12)3/h6,8,10H,5,7,9H2,1-4H3,(H,16,20). The summed E-state index contributed by atoms with van der Waals surface area (Å²) >= 11 is 1.38. The maximum absolute atomic E-state index is 11.8. The minimum atomic E-state index is 0.0229. The summed E-state index contributed by atoms with van der Waals surface area (Å²) in [6.07, 6.45) is 2.62. The normalized spacial score (nSPS) is 11.1. The van der Waals surface area contributed by atoms with E-state index in [0.717, 1.165) is 35.3 Å². The summed E-state index contributed by atoms with van der Waals surface area (Å²) in [4.78, 5) is 11.8. The van der Waals surface area contributed by atoms with E-state index in [1.165, 1.54) is 11.8 Å². The third-order valence-electron chi connectivity index (χ3n) is 3.31. The lowest BCUT2D eigenvalue weighted by Crippen LogP contribution is -2.27. The second-order valence-corrected chi connectivity index (χ2v) is 6.52. The molecule has 0 fully saturated rings. The number of carbonyl (C=O) groups is 1. The highest BCUT2D eigenvalue weighted by Crippen LogP contribution is 2.25. The van der Waals surface area contributed by atoms with Gasteiger partial charge in [-0.15, -0.1) is 10.2 Å². The van der Waals surface area contributed by atoms with Crippen LogP contribution < -0.4 is 5.32 Å². The highest BCUT2D eigenvalue weighted by atomic mass is 32.2. The molecular formula is C15H22N4O2S. The molecule has 2 rings (SSSR count). The lowest BCUT2D eigenvalue weighted by molar-refractivity contribution is -0.118. The van der Waals surface area contributed by atoms with Crippen molar-refractivity contribution in [2.75, 3.05) is 12.3 Å². The van der Waals surface area contributed by atoms with Crippen LogP contribution in [-0.4, -0.2) is 33.0 Å². The van der Waals surface area contributed by atoms with Gasteiger partial charge in [0.2, 0.25) is 5.91 Å². The van der Waals surface area contributed by atoms with Crippen molar-refractivity contribution in [1.82, 2.24) is 20.1 Å². The van der Waals surface area contributed by atoms with Gasteiger partial charge in [0, 0.05) is 13.6 Å². The zero-order valence-corrected chi connectivity index (χ0v) is 14.2. The van der Waals surface area contributed by atoms with Crippen molar-refractivity contribution >= 4 is 17.7 Å². The van der Waals surface area contributed by atoms with Crippen molar-refractivity contribution in [2.24, 2.45) is 13.0 Å². The molecular weight excluding hydrogens is 300 g/mol. The first-order valence-electron chi connectivity index (χ1n) is 7.32. The van der Waals surface area contributed by atoms with Crippen molar-refractivity contribution in [3.05, 3.63) is 18.1 Å². The van der Waals surface area contributed by atoms with Crippen LogP contribution in [0.5, 0.6) is 0 Å². The Morgan fingerprint density at radius 3 is 2.86 bits per heavy atom. The molecule has 7 heteroatoms. The van der Waals surface area contributed by atoms with E-state index < -0.39 is 0 Å². The van der Waals surface area contributed by atoms with E-state index in [-0.39, 0.29) is 5.91 Å². The van der Waals surface area contributed by atoms with Crippen LogP contribution in [-0.2, 0) is 11.8 Å². The molecule has 0 aliphatic rings. The van der Waals surface area contributed by atoms with Gasteiger partial charge in [0.15, 0.2) is 11.0 Å². The van der Waals surface area contributed by atoms with Gasteiger partial charge in [-0.05, 0) is 25.3 Å². The summed E-state index contributed by atoms with van der Waals surface area (Å²) in [5.41, 5.74) is 0.920. The van der Waals surface area contributed by atoms with E-state index >= 15 is 0 Å². The first-order valence-corrected chi connectivity index (χ1v) is 8.31. The van der Waals surface area contributed by atoms with Gasteiger partial charge >= 0.3 is 0 Å². The minimum Gasteiger partial charge on any atom is -0.469 e. The number of rotatable bonds is 7. The molecule has 1 amide bonds. The summed E-state index contributed by atoms with van der Waals surface area (Å²) in [7, 11) is 1.89. The lowest BCUT2D eigenvalue weighted by Gasteiger charge is -2.07. The number of hydrogen-bond acceptors (Lipinski definition) is 5. The average Bonchev–Trinajstić information content (AvgIpc) is 3.02. The van der Waals surface area contributed by atoms with E-state index in [2.05, 4.69) is 29.4 Å². The number of aromatic nitrogens is 3. The summed E-state index contributed by atoms with van der Waals surface area (Å²) in [6, 6.07) is 1.87. The van der Waals surface area contributed by atoms with Crippen LogP contribution in [0, 0.1) is 12.8 Å². The molecule has 0 aliphatic heterocycles. The first-order chi connectivity index (χ1) is 10.5. The molecule has 0 spiro atoms. The van der Waals surface area contributed by atoms with E-state index in [9.17, 15) is 4.79 Å². The van der Waals surface area contributed by atoms with Crippen LogP contribution >= 0.6 is 11.8 Å². The van der Waals surface area contributed by atoms with Crippen molar-refractivity contribution in [3.8, 4) is 11.4 Å². The molecule has 120 valence electrons. The maximum Gasteiger partial charge on any atom is 0.230 e. The lowest BCUT2D eigenvalue weighted by atomic mass is 10.1. The summed E-state index contributed by atoms with van der Waals surface area (Å²) in [6.45, 7) is 6.88. The molecule has 0 atom stereocenters. The van der Waals surface area contributed by atoms with Crippen molar-refractivity contribution in [1.29, 1.82) is 0 Å². The van der Waals surface area contributed by atoms with Gasteiger partial charge in [-0.1, -0.05) is 25.6 Å². The van der Waals surface area contributed by atoms with Gasteiger partial charge in [-0.3, -0.25) is 4.79 Å². The summed E-state index contributed by atoms with van der Waals surface area (Å²) in [5, 5.41) is 12.0. The van der Waals surface area contributed by atoms with Crippen LogP contribution in [0.4, 0.5) is 0 Å². The van der Waals surface area contributed by atoms with Crippen LogP contribution in [0.25, 0.3) is 11.4 Å². The molecule has 22 heavy (non-hydrogen) atoms. The Morgan fingerprint density at radius 2 is 2.23 bits per heavy atom. The number of furan rings is 1. The zero-order chi connectivity index (χ0) is 16.1. The van der Waals surface area contributed by atoms with Crippen molar-refractivity contribution in [3.63, 3.8) is 0 Å². The number of thioether (sulfide) groups is 1. The Morgan fingerprint density at radius 1 is 1.45 bits per heavy atom. The van der Waals surface area contributed by atoms with Gasteiger partial charge in [-0.2, -0.15) is 0 Å². The van der Waals surface area contributed by atoms with Gasteiger partial charge in [-0.25, -0.2) is 0 Å². The molecule has 0 unspecified atom stereocenters. The van der Waals surface area contributed by atoms with E-state index in [0.29, 0.717) is 11.7 Å². The Hall–Kier alpha value is -1.76. The molecule has 0 aliphatic carbocycles. The maximum atomic E-state index is 11.8. The van der Waals surface area contributed by atoms with Crippen molar-refractivity contribution < 1.29 is 9.21 Å². The Kier molecular flexibility index (Phi) is 5.65. The van der Waals surface area contributed by atoms with E-state index in [1.54, 1.807) is 6.26 Å². The van der Waals surface area contributed by atoms with Gasteiger partial charge < -0.3 is 14.3 Å². The molecule has 0 aromatic carbocycles. The monoisotopic (exact) mass is 322 g/mol. The predicted octanol–water partition coefficient (Wildman–Crippen LogP) is 2.64. The number of carbonyl (C=O) groups excluding carboxylic acids is 1. The van der Waals surface area contributed by atoms with Gasteiger partial charge in [0.25, 0.3) is 0 Å². The molecule has 2 aromatic rings. The molecule has 0 bridgehead atoms. The smallest absolute Gasteiger partial charge is 0.230 e. The number of amides is 1. The third-order valence-corrected chi connectivity index (χ3v) is 4.33. The fourth-order valence-corrected chi connectivity index (χ4v) is 2.71. The average molecular weight is 322 g/mol. The molecule has 1 N–H and O–H groups in total. The fraction of sp³-hybridized carbons (Fsp3) is 0.533. The van der Waals surface area contributed by atoms with Crippen LogP contribution in [0.2, 0.25) is 0 Å². The molecule has 0 radical (unpaired) electrons. The molecule has 2 aromatic heterocycles. The largest absolute Gasteiger partial charge is 0.469 e. The second-order valence-electron chi connectivity index (χ2n) is 5.58. The molecule has 0 saturated carbocycles. The summed E-state index contributed by atoms with van der Waals surface area (Å²) in [5.74, 6) is 2.50. The zero-order valence-electron chi connectivity index (χ0n) is 13.4. The molecule has 0 saturated heterocycles. The topological polar surface area (TPSA) is 72.9 Å².